The molecular formula is C12H20N2O4. The van der Waals surface area contributed by atoms with Crippen molar-refractivity contribution in [2.45, 2.75) is 44.7 Å². The highest BCUT2D eigenvalue weighted by atomic mass is 16.4. The van der Waals surface area contributed by atoms with E-state index in [1.54, 1.807) is 13.0 Å². The van der Waals surface area contributed by atoms with Crippen molar-refractivity contribution in [3.05, 3.63) is 12.2 Å². The first-order valence-corrected chi connectivity index (χ1v) is 5.94. The first-order chi connectivity index (χ1) is 8.23. The van der Waals surface area contributed by atoms with Crippen molar-refractivity contribution < 1.29 is 19.8 Å². The Hall–Kier alpha value is -1.72. The first-order valence-electron chi connectivity index (χ1n) is 5.94. The van der Waals surface area contributed by atoms with E-state index in [0.29, 0.717) is 12.8 Å². The van der Waals surface area contributed by atoms with E-state index in [1.165, 1.54) is 0 Å². The molecule has 2 amide bonds. The van der Waals surface area contributed by atoms with Gasteiger partial charge in [0, 0.05) is 0 Å². The van der Waals surface area contributed by atoms with Crippen LogP contribution < -0.4 is 10.6 Å². The molecule has 0 aromatic heterocycles. The molecule has 3 unspecified atom stereocenters. The zero-order chi connectivity index (χ0) is 14.0. The molecule has 6 heteroatoms. The van der Waals surface area contributed by atoms with Crippen LogP contribution in [0.4, 0.5) is 9.59 Å². The van der Waals surface area contributed by atoms with Crippen molar-refractivity contribution >= 4 is 12.2 Å². The zero-order valence-corrected chi connectivity index (χ0v) is 10.9. The number of carbonyl (C=O) groups is 2. The van der Waals surface area contributed by atoms with Crippen LogP contribution in [0.1, 0.15) is 33.6 Å². The van der Waals surface area contributed by atoms with Crippen LogP contribution in [0.3, 0.4) is 0 Å². The maximum Gasteiger partial charge on any atom is 0.405 e. The van der Waals surface area contributed by atoms with E-state index in [0.717, 1.165) is 0 Å². The van der Waals surface area contributed by atoms with Gasteiger partial charge in [-0.3, -0.25) is 0 Å². The van der Waals surface area contributed by atoms with Crippen molar-refractivity contribution in [2.75, 3.05) is 0 Å². The van der Waals surface area contributed by atoms with E-state index in [-0.39, 0.29) is 5.92 Å². The van der Waals surface area contributed by atoms with Crippen molar-refractivity contribution in [3.8, 4) is 0 Å². The van der Waals surface area contributed by atoms with Gasteiger partial charge in [-0.2, -0.15) is 0 Å². The third-order valence-corrected chi connectivity index (χ3v) is 3.69. The lowest BCUT2D eigenvalue weighted by molar-refractivity contribution is 0.134. The number of rotatable bonds is 3. The number of hydrogen-bond acceptors (Lipinski definition) is 2. The molecule has 6 nitrogen and oxygen atoms in total. The molecule has 0 saturated heterocycles. The van der Waals surface area contributed by atoms with Crippen LogP contribution >= 0.6 is 0 Å². The fourth-order valence-corrected chi connectivity index (χ4v) is 2.65. The van der Waals surface area contributed by atoms with Crippen LogP contribution in [0.25, 0.3) is 0 Å². The Kier molecular flexibility index (Phi) is 3.88. The van der Waals surface area contributed by atoms with E-state index in [9.17, 15) is 9.59 Å². The summed E-state index contributed by atoms with van der Waals surface area (Å²) in [7, 11) is 0. The maximum absolute atomic E-state index is 10.9. The monoisotopic (exact) mass is 256 g/mol. The Morgan fingerprint density at radius 3 is 2.33 bits per heavy atom. The van der Waals surface area contributed by atoms with Crippen LogP contribution in [-0.2, 0) is 0 Å². The molecule has 0 aromatic carbocycles. The predicted octanol–water partition coefficient (Wildman–Crippen LogP) is 2.03. The molecule has 0 heterocycles. The largest absolute Gasteiger partial charge is 0.465 e. The van der Waals surface area contributed by atoms with Gasteiger partial charge in [0.1, 0.15) is 0 Å². The standard InChI is InChI=1S/C12H20N2O4/c1-4-12(14-10(17)18)7-11(3,13-9(15)16)6-5-8(12)2/h5-6,8,13-14H,4,7H2,1-3H3,(H,15,16)(H,17,18). The lowest BCUT2D eigenvalue weighted by Crippen LogP contribution is -2.61. The van der Waals surface area contributed by atoms with E-state index in [1.807, 2.05) is 19.9 Å². The van der Waals surface area contributed by atoms with Crippen molar-refractivity contribution in [1.82, 2.24) is 10.6 Å². The molecule has 1 aliphatic rings. The highest BCUT2D eigenvalue weighted by molar-refractivity contribution is 5.67. The first kappa shape index (κ1) is 14.3. The second-order valence-corrected chi connectivity index (χ2v) is 5.11. The molecule has 0 radical (unpaired) electrons. The van der Waals surface area contributed by atoms with E-state index in [2.05, 4.69) is 10.6 Å². The van der Waals surface area contributed by atoms with Gasteiger partial charge in [0.15, 0.2) is 0 Å². The summed E-state index contributed by atoms with van der Waals surface area (Å²) in [5.74, 6) is 0.0160. The average molecular weight is 256 g/mol. The molecule has 0 bridgehead atoms. The summed E-state index contributed by atoms with van der Waals surface area (Å²) in [5, 5.41) is 22.8. The summed E-state index contributed by atoms with van der Waals surface area (Å²) >= 11 is 0. The van der Waals surface area contributed by atoms with Crippen LogP contribution in [0.15, 0.2) is 12.2 Å². The minimum atomic E-state index is -1.11. The quantitative estimate of drug-likeness (QED) is 0.580. The second kappa shape index (κ2) is 4.88. The topological polar surface area (TPSA) is 98.7 Å². The highest BCUT2D eigenvalue weighted by Crippen LogP contribution is 2.36. The van der Waals surface area contributed by atoms with Gasteiger partial charge in [0.25, 0.3) is 0 Å². The molecule has 102 valence electrons. The van der Waals surface area contributed by atoms with Crippen LogP contribution in [0.5, 0.6) is 0 Å². The third kappa shape index (κ3) is 2.94. The Morgan fingerprint density at radius 1 is 1.33 bits per heavy atom. The summed E-state index contributed by atoms with van der Waals surface area (Å²) in [6.07, 6.45) is 2.45. The summed E-state index contributed by atoms with van der Waals surface area (Å²) in [5.41, 5.74) is -1.39. The molecule has 1 aliphatic carbocycles. The molecular weight excluding hydrogens is 236 g/mol. The predicted molar refractivity (Wildman–Crippen MR) is 66.7 cm³/mol. The smallest absolute Gasteiger partial charge is 0.405 e. The molecule has 0 spiro atoms. The lowest BCUT2D eigenvalue weighted by Gasteiger charge is -2.46. The van der Waals surface area contributed by atoms with Crippen molar-refractivity contribution in [3.63, 3.8) is 0 Å². The minimum absolute atomic E-state index is 0.0160. The SMILES string of the molecule is CCC1(NC(=O)O)CC(C)(NC(=O)O)C=CC1C. The molecule has 1 rings (SSSR count). The molecule has 0 saturated carbocycles. The fourth-order valence-electron chi connectivity index (χ4n) is 2.65. The number of nitrogens with one attached hydrogen (secondary N) is 2. The van der Waals surface area contributed by atoms with Gasteiger partial charge in [-0.15, -0.1) is 0 Å². The maximum atomic E-state index is 10.9. The van der Waals surface area contributed by atoms with Gasteiger partial charge in [0.2, 0.25) is 0 Å². The molecule has 3 atom stereocenters. The number of carboxylic acid groups (broad SMARTS) is 2. The molecule has 0 fully saturated rings. The van der Waals surface area contributed by atoms with Gasteiger partial charge in [0.05, 0.1) is 11.1 Å². The molecule has 0 aromatic rings. The molecule has 0 aliphatic heterocycles. The lowest BCUT2D eigenvalue weighted by atomic mass is 9.69. The fraction of sp³-hybridized carbons (Fsp3) is 0.667. The Balaban J connectivity index is 3.03. The van der Waals surface area contributed by atoms with Gasteiger partial charge in [-0.25, -0.2) is 9.59 Å². The summed E-state index contributed by atoms with van der Waals surface area (Å²) < 4.78 is 0. The third-order valence-electron chi connectivity index (χ3n) is 3.69. The number of hydrogen-bond donors (Lipinski definition) is 4. The summed E-state index contributed by atoms with van der Waals surface area (Å²) in [6, 6.07) is 0. The van der Waals surface area contributed by atoms with Crippen LogP contribution in [-0.4, -0.2) is 33.5 Å². The van der Waals surface area contributed by atoms with E-state index in [4.69, 9.17) is 10.2 Å². The zero-order valence-electron chi connectivity index (χ0n) is 10.9. The second-order valence-electron chi connectivity index (χ2n) is 5.11. The summed E-state index contributed by atoms with van der Waals surface area (Å²) in [4.78, 5) is 21.7. The van der Waals surface area contributed by atoms with Gasteiger partial charge in [-0.1, -0.05) is 26.0 Å². The van der Waals surface area contributed by atoms with Crippen LogP contribution in [0, 0.1) is 5.92 Å². The van der Waals surface area contributed by atoms with E-state index < -0.39 is 23.3 Å². The normalized spacial score (nSPS) is 34.9. The minimum Gasteiger partial charge on any atom is -0.465 e. The highest BCUT2D eigenvalue weighted by Gasteiger charge is 2.44. The van der Waals surface area contributed by atoms with Crippen molar-refractivity contribution in [2.24, 2.45) is 5.92 Å². The van der Waals surface area contributed by atoms with Crippen LogP contribution in [0.2, 0.25) is 0 Å². The Labute approximate surface area is 106 Å². The van der Waals surface area contributed by atoms with Crippen molar-refractivity contribution in [1.29, 1.82) is 0 Å². The number of amides is 2. The molecule has 18 heavy (non-hydrogen) atoms. The van der Waals surface area contributed by atoms with E-state index >= 15 is 0 Å². The average Bonchev–Trinajstić information content (AvgIpc) is 2.21. The summed E-state index contributed by atoms with van der Waals surface area (Å²) in [6.45, 7) is 5.57. The Morgan fingerprint density at radius 2 is 1.89 bits per heavy atom. The van der Waals surface area contributed by atoms with Gasteiger partial charge < -0.3 is 20.8 Å². The molecule has 4 N–H and O–H groups in total. The van der Waals surface area contributed by atoms with Gasteiger partial charge >= 0.3 is 12.2 Å². The Bertz CT molecular complexity index is 382. The van der Waals surface area contributed by atoms with Gasteiger partial charge in [-0.05, 0) is 25.7 Å².